The predicted octanol–water partition coefficient (Wildman–Crippen LogP) is 1.87. The van der Waals surface area contributed by atoms with Crippen LogP contribution in [0.5, 0.6) is 11.5 Å². The number of nitrogens with one attached hydrogen (secondary N) is 1. The number of nitrogens with two attached hydrogens (primary N) is 1. The van der Waals surface area contributed by atoms with Gasteiger partial charge in [-0.3, -0.25) is 9.59 Å². The molecule has 0 aliphatic rings. The van der Waals surface area contributed by atoms with Crippen molar-refractivity contribution in [3.8, 4) is 11.5 Å². The minimum absolute atomic E-state index is 0.0770. The van der Waals surface area contributed by atoms with E-state index in [1.807, 2.05) is 0 Å². The van der Waals surface area contributed by atoms with Gasteiger partial charge in [-0.25, -0.2) is 13.6 Å². The fourth-order valence-corrected chi connectivity index (χ4v) is 4.01. The zero-order valence-electron chi connectivity index (χ0n) is 13.7. The Morgan fingerprint density at radius 2 is 1.76 bits per heavy atom. The summed E-state index contributed by atoms with van der Waals surface area (Å²) < 4.78 is 33.4. The zero-order valence-corrected chi connectivity index (χ0v) is 15.3. The molecule has 1 heterocycles. The third-order valence-electron chi connectivity index (χ3n) is 3.29. The van der Waals surface area contributed by atoms with Crippen LogP contribution in [-0.4, -0.2) is 34.3 Å². The predicted molar refractivity (Wildman–Crippen MR) is 93.2 cm³/mol. The number of hydrogen-bond donors (Lipinski definition) is 2. The molecule has 3 N–H and O–H groups in total. The molecule has 25 heavy (non-hydrogen) atoms. The lowest BCUT2D eigenvalue weighted by molar-refractivity contribution is 0.101. The number of hydrogen-bond acceptors (Lipinski definition) is 7. The van der Waals surface area contributed by atoms with E-state index in [1.54, 1.807) is 0 Å². The van der Waals surface area contributed by atoms with E-state index in [9.17, 15) is 18.0 Å². The second kappa shape index (κ2) is 7.21. The molecule has 0 saturated heterocycles. The Labute approximate surface area is 148 Å². The molecule has 0 unspecified atom stereocenters. The highest BCUT2D eigenvalue weighted by Crippen LogP contribution is 2.34. The molecule has 0 atom stereocenters. The van der Waals surface area contributed by atoms with Crippen LogP contribution < -0.4 is 19.9 Å². The molecular weight excluding hydrogens is 368 g/mol. The number of Topliss-reactive ketones (excluding diaryl/α,β-unsaturated/α-hetero) is 1. The van der Waals surface area contributed by atoms with Crippen molar-refractivity contribution in [2.45, 2.75) is 11.8 Å². The monoisotopic (exact) mass is 384 g/mol. The number of benzene rings is 1. The lowest BCUT2D eigenvalue weighted by Crippen LogP contribution is -2.19. The molecular formula is C15H16N2O6S2. The minimum Gasteiger partial charge on any atom is -0.493 e. The third kappa shape index (κ3) is 3.98. The molecule has 1 aromatic carbocycles. The van der Waals surface area contributed by atoms with E-state index in [0.29, 0.717) is 11.5 Å². The van der Waals surface area contributed by atoms with Crippen molar-refractivity contribution in [2.24, 2.45) is 5.14 Å². The van der Waals surface area contributed by atoms with E-state index in [4.69, 9.17) is 14.6 Å². The van der Waals surface area contributed by atoms with Crippen molar-refractivity contribution in [3.05, 3.63) is 34.0 Å². The highest BCUT2D eigenvalue weighted by molar-refractivity contribution is 7.89. The fourth-order valence-electron chi connectivity index (χ4n) is 2.14. The molecule has 0 aliphatic carbocycles. The third-order valence-corrected chi connectivity index (χ3v) is 5.29. The Kier molecular flexibility index (Phi) is 5.45. The van der Waals surface area contributed by atoms with Crippen LogP contribution in [0.4, 0.5) is 5.69 Å². The first-order valence-electron chi connectivity index (χ1n) is 6.87. The summed E-state index contributed by atoms with van der Waals surface area (Å²) >= 11 is 0.924. The van der Waals surface area contributed by atoms with Crippen molar-refractivity contribution >= 4 is 38.7 Å². The Balaban J connectivity index is 2.48. The number of anilines is 1. The van der Waals surface area contributed by atoms with Crippen LogP contribution in [0.25, 0.3) is 0 Å². The van der Waals surface area contributed by atoms with E-state index >= 15 is 0 Å². The molecule has 0 saturated carbocycles. The first kappa shape index (κ1) is 18.9. The maximum Gasteiger partial charge on any atom is 0.267 e. The summed E-state index contributed by atoms with van der Waals surface area (Å²) in [5, 5.41) is 9.07. The van der Waals surface area contributed by atoms with Gasteiger partial charge in [0.05, 0.1) is 19.9 Å². The summed E-state index contributed by atoms with van der Waals surface area (Å²) in [6, 6.07) is 4.11. The molecule has 1 aromatic heterocycles. The number of ketones is 1. The second-order valence-electron chi connectivity index (χ2n) is 4.92. The van der Waals surface area contributed by atoms with Crippen LogP contribution in [0.15, 0.2) is 28.5 Å². The fraction of sp³-hybridized carbons (Fsp3) is 0.200. The van der Waals surface area contributed by atoms with Gasteiger partial charge in [0.25, 0.3) is 5.91 Å². The summed E-state index contributed by atoms with van der Waals surface area (Å²) in [7, 11) is -1.21. The maximum atomic E-state index is 12.5. The van der Waals surface area contributed by atoms with Crippen molar-refractivity contribution in [3.63, 3.8) is 0 Å². The average molecular weight is 384 g/mol. The minimum atomic E-state index is -4.04. The van der Waals surface area contributed by atoms with E-state index in [2.05, 4.69) is 5.32 Å². The average Bonchev–Trinajstić information content (AvgIpc) is 3.04. The molecule has 2 rings (SSSR count). The quantitative estimate of drug-likeness (QED) is 0.733. The van der Waals surface area contributed by atoms with Crippen molar-refractivity contribution in [1.82, 2.24) is 0 Å². The van der Waals surface area contributed by atoms with Gasteiger partial charge in [-0.15, -0.1) is 11.3 Å². The van der Waals surface area contributed by atoms with E-state index in [0.717, 1.165) is 11.3 Å². The number of thiophene rings is 1. The number of carbonyl (C=O) groups excluding carboxylic acids is 2. The van der Waals surface area contributed by atoms with Crippen molar-refractivity contribution in [1.29, 1.82) is 0 Å². The topological polar surface area (TPSA) is 125 Å². The number of sulfonamides is 1. The normalized spacial score (nSPS) is 11.0. The largest absolute Gasteiger partial charge is 0.493 e. The molecule has 8 nitrogen and oxygen atoms in total. The van der Waals surface area contributed by atoms with E-state index in [-0.39, 0.29) is 26.8 Å². The highest BCUT2D eigenvalue weighted by atomic mass is 32.2. The number of primary sulfonamides is 1. The summed E-state index contributed by atoms with van der Waals surface area (Å²) in [4.78, 5) is 24.0. The first-order chi connectivity index (χ1) is 11.7. The van der Waals surface area contributed by atoms with Gasteiger partial charge in [0, 0.05) is 11.6 Å². The Bertz CT molecular complexity index is 933. The lowest BCUT2D eigenvalue weighted by atomic mass is 10.1. The Morgan fingerprint density at radius 3 is 2.28 bits per heavy atom. The lowest BCUT2D eigenvalue weighted by Gasteiger charge is -2.14. The van der Waals surface area contributed by atoms with Gasteiger partial charge in [-0.05, 0) is 24.4 Å². The molecule has 10 heteroatoms. The number of methoxy groups -OCH3 is 2. The van der Waals surface area contributed by atoms with Gasteiger partial charge in [0.15, 0.2) is 17.3 Å². The van der Waals surface area contributed by atoms with Gasteiger partial charge in [-0.2, -0.15) is 0 Å². The van der Waals surface area contributed by atoms with E-state index < -0.39 is 15.9 Å². The number of ether oxygens (including phenoxy) is 2. The van der Waals surface area contributed by atoms with Gasteiger partial charge < -0.3 is 14.8 Å². The molecule has 1 amide bonds. The maximum absolute atomic E-state index is 12.5. The van der Waals surface area contributed by atoms with Crippen LogP contribution in [0, 0.1) is 0 Å². The van der Waals surface area contributed by atoms with Crippen LogP contribution in [0.3, 0.4) is 0 Å². The smallest absolute Gasteiger partial charge is 0.267 e. The summed E-state index contributed by atoms with van der Waals surface area (Å²) in [6.07, 6.45) is 0. The Hall–Kier alpha value is -2.43. The van der Waals surface area contributed by atoms with Gasteiger partial charge in [0.1, 0.15) is 9.77 Å². The summed E-state index contributed by atoms with van der Waals surface area (Å²) in [5.74, 6) is -0.379. The summed E-state index contributed by atoms with van der Waals surface area (Å²) in [5.41, 5.74) is 0.364. The van der Waals surface area contributed by atoms with Crippen LogP contribution >= 0.6 is 11.3 Å². The van der Waals surface area contributed by atoms with Crippen molar-refractivity contribution < 1.29 is 27.5 Å². The van der Waals surface area contributed by atoms with Crippen molar-refractivity contribution in [2.75, 3.05) is 19.5 Å². The second-order valence-corrected chi connectivity index (χ2v) is 7.37. The Morgan fingerprint density at radius 1 is 1.16 bits per heavy atom. The van der Waals surface area contributed by atoms with E-state index in [1.165, 1.54) is 44.7 Å². The first-order valence-corrected chi connectivity index (χ1v) is 9.30. The van der Waals surface area contributed by atoms with Gasteiger partial charge in [-0.1, -0.05) is 0 Å². The summed E-state index contributed by atoms with van der Waals surface area (Å²) in [6.45, 7) is 1.33. The van der Waals surface area contributed by atoms with Gasteiger partial charge in [0.2, 0.25) is 10.0 Å². The SMILES string of the molecule is COc1cc(NC(=O)c2sccc2S(N)(=O)=O)c(C(C)=O)cc1OC. The number of amides is 1. The van der Waals surface area contributed by atoms with Crippen LogP contribution in [0.1, 0.15) is 27.0 Å². The van der Waals surface area contributed by atoms with Gasteiger partial charge >= 0.3 is 0 Å². The molecule has 0 radical (unpaired) electrons. The standard InChI is InChI=1S/C15H16N2O6S2/c1-8(18)9-6-11(22-2)12(23-3)7-10(9)17-15(19)14-13(4-5-24-14)25(16,20)21/h4-7H,1-3H3,(H,17,19)(H2,16,20,21). The number of rotatable bonds is 6. The molecule has 2 aromatic rings. The molecule has 0 spiro atoms. The molecule has 134 valence electrons. The van der Waals surface area contributed by atoms with Crippen LogP contribution in [0.2, 0.25) is 0 Å². The molecule has 0 aliphatic heterocycles. The highest BCUT2D eigenvalue weighted by Gasteiger charge is 2.23. The number of carbonyl (C=O) groups is 2. The molecule has 0 fully saturated rings. The zero-order chi connectivity index (χ0) is 18.8. The molecule has 0 bridgehead atoms. The van der Waals surface area contributed by atoms with Crippen LogP contribution in [-0.2, 0) is 10.0 Å².